The lowest BCUT2D eigenvalue weighted by atomic mass is 10.1. The fraction of sp³-hybridized carbons (Fsp3) is 0.118. The first-order valence-electron chi connectivity index (χ1n) is 6.50. The predicted octanol–water partition coefficient (Wildman–Crippen LogP) is 2.32. The lowest BCUT2D eigenvalue weighted by Gasteiger charge is -2.06. The van der Waals surface area contributed by atoms with Gasteiger partial charge < -0.3 is 11.1 Å². The van der Waals surface area contributed by atoms with Crippen LogP contribution in [0.2, 0.25) is 0 Å². The molecule has 0 unspecified atom stereocenters. The number of nitrogens with two attached hydrogens (primary N) is 1. The van der Waals surface area contributed by atoms with E-state index in [1.807, 2.05) is 6.07 Å². The number of benzene rings is 2. The second-order valence-electron chi connectivity index (χ2n) is 4.44. The molecule has 0 saturated carbocycles. The Balaban J connectivity index is 2.02. The highest BCUT2D eigenvalue weighted by atomic mass is 19.1. The minimum atomic E-state index is -0.348. The molecule has 0 spiro atoms. The number of anilines is 1. The second-order valence-corrected chi connectivity index (χ2v) is 4.44. The molecule has 2 aromatic rings. The van der Waals surface area contributed by atoms with Crippen LogP contribution in [0, 0.1) is 17.7 Å². The highest BCUT2D eigenvalue weighted by molar-refractivity contribution is 5.92. The van der Waals surface area contributed by atoms with Crippen LogP contribution in [0.3, 0.4) is 0 Å². The standard InChI is InChI=1S/C17H15FN2O/c18-15-7-1-5-14(10-15)12-17(21)20-16-8-2-4-13(11-16)6-3-9-19/h1-2,4-5,7-8,10-11H,9,12,19H2,(H,20,21). The average molecular weight is 282 g/mol. The van der Waals surface area contributed by atoms with E-state index in [1.54, 1.807) is 30.3 Å². The van der Waals surface area contributed by atoms with E-state index < -0.39 is 0 Å². The average Bonchev–Trinajstić information content (AvgIpc) is 2.45. The van der Waals surface area contributed by atoms with Crippen molar-refractivity contribution >= 4 is 11.6 Å². The Labute approximate surface area is 123 Å². The van der Waals surface area contributed by atoms with E-state index in [9.17, 15) is 9.18 Å². The third kappa shape index (κ3) is 4.75. The van der Waals surface area contributed by atoms with Crippen molar-refractivity contribution in [3.8, 4) is 11.8 Å². The molecule has 2 rings (SSSR count). The van der Waals surface area contributed by atoms with Crippen molar-refractivity contribution < 1.29 is 9.18 Å². The summed E-state index contributed by atoms with van der Waals surface area (Å²) in [5.74, 6) is 5.10. The molecule has 0 heterocycles. The van der Waals surface area contributed by atoms with Crippen molar-refractivity contribution in [3.63, 3.8) is 0 Å². The smallest absolute Gasteiger partial charge is 0.228 e. The maximum Gasteiger partial charge on any atom is 0.228 e. The third-order valence-electron chi connectivity index (χ3n) is 2.73. The van der Waals surface area contributed by atoms with Crippen molar-refractivity contribution in [3.05, 3.63) is 65.5 Å². The number of hydrogen-bond acceptors (Lipinski definition) is 2. The van der Waals surface area contributed by atoms with Gasteiger partial charge in [-0.15, -0.1) is 0 Å². The maximum atomic E-state index is 13.1. The van der Waals surface area contributed by atoms with Crippen LogP contribution in [0.5, 0.6) is 0 Å². The molecular formula is C17H15FN2O. The van der Waals surface area contributed by atoms with E-state index >= 15 is 0 Å². The molecule has 106 valence electrons. The quantitative estimate of drug-likeness (QED) is 0.849. The number of nitrogens with one attached hydrogen (secondary N) is 1. The summed E-state index contributed by atoms with van der Waals surface area (Å²) in [6.07, 6.45) is 0.121. The number of carbonyl (C=O) groups excluding carboxylic acids is 1. The Morgan fingerprint density at radius 3 is 2.76 bits per heavy atom. The van der Waals surface area contributed by atoms with E-state index in [2.05, 4.69) is 17.2 Å². The molecule has 0 bridgehead atoms. The Bertz CT molecular complexity index is 701. The molecule has 3 N–H and O–H groups in total. The van der Waals surface area contributed by atoms with Gasteiger partial charge in [0.1, 0.15) is 5.82 Å². The van der Waals surface area contributed by atoms with Gasteiger partial charge in [0.2, 0.25) is 5.91 Å². The summed E-state index contributed by atoms with van der Waals surface area (Å²) in [5, 5.41) is 2.77. The van der Waals surface area contributed by atoms with Gasteiger partial charge in [-0.1, -0.05) is 30.0 Å². The molecule has 0 aromatic heterocycles. The van der Waals surface area contributed by atoms with Crippen molar-refractivity contribution in [1.82, 2.24) is 0 Å². The Morgan fingerprint density at radius 1 is 1.19 bits per heavy atom. The van der Waals surface area contributed by atoms with E-state index in [0.29, 0.717) is 11.3 Å². The third-order valence-corrected chi connectivity index (χ3v) is 2.73. The van der Waals surface area contributed by atoms with Gasteiger partial charge in [0.15, 0.2) is 0 Å². The van der Waals surface area contributed by atoms with Gasteiger partial charge in [0.25, 0.3) is 0 Å². The molecule has 0 fully saturated rings. The van der Waals surface area contributed by atoms with Crippen LogP contribution in [0.15, 0.2) is 48.5 Å². The van der Waals surface area contributed by atoms with Crippen LogP contribution < -0.4 is 11.1 Å². The van der Waals surface area contributed by atoms with E-state index in [0.717, 1.165) is 5.56 Å². The van der Waals surface area contributed by atoms with E-state index in [1.165, 1.54) is 12.1 Å². The summed E-state index contributed by atoms with van der Waals surface area (Å²) < 4.78 is 13.1. The largest absolute Gasteiger partial charge is 0.326 e. The summed E-state index contributed by atoms with van der Waals surface area (Å²) in [7, 11) is 0. The van der Waals surface area contributed by atoms with Crippen LogP contribution in [0.25, 0.3) is 0 Å². The summed E-state index contributed by atoms with van der Waals surface area (Å²) in [6, 6.07) is 13.2. The van der Waals surface area contributed by atoms with Crippen LogP contribution in [0.1, 0.15) is 11.1 Å². The van der Waals surface area contributed by atoms with Crippen molar-refractivity contribution in [2.45, 2.75) is 6.42 Å². The van der Waals surface area contributed by atoms with Crippen molar-refractivity contribution in [2.75, 3.05) is 11.9 Å². The zero-order valence-corrected chi connectivity index (χ0v) is 11.4. The highest BCUT2D eigenvalue weighted by Gasteiger charge is 2.05. The molecule has 0 aliphatic carbocycles. The summed E-state index contributed by atoms with van der Waals surface area (Å²) in [6.45, 7) is 0.288. The zero-order chi connectivity index (χ0) is 15.1. The summed E-state index contributed by atoms with van der Waals surface area (Å²) in [5.41, 5.74) is 7.38. The highest BCUT2D eigenvalue weighted by Crippen LogP contribution is 2.11. The normalized spacial score (nSPS) is 9.62. The van der Waals surface area contributed by atoms with Gasteiger partial charge in [-0.25, -0.2) is 4.39 Å². The molecule has 0 aliphatic rings. The monoisotopic (exact) mass is 282 g/mol. The SMILES string of the molecule is NCC#Cc1cccc(NC(=O)Cc2cccc(F)c2)c1. The number of hydrogen-bond donors (Lipinski definition) is 2. The fourth-order valence-electron chi connectivity index (χ4n) is 1.87. The minimum absolute atomic E-state index is 0.121. The van der Waals surface area contributed by atoms with Crippen LogP contribution in [0.4, 0.5) is 10.1 Å². The van der Waals surface area contributed by atoms with Gasteiger partial charge in [-0.05, 0) is 35.9 Å². The molecule has 3 nitrogen and oxygen atoms in total. The molecule has 0 aliphatic heterocycles. The molecule has 1 amide bonds. The van der Waals surface area contributed by atoms with E-state index in [-0.39, 0.29) is 24.7 Å². The molecule has 2 aromatic carbocycles. The summed E-state index contributed by atoms with van der Waals surface area (Å²) in [4.78, 5) is 11.9. The van der Waals surface area contributed by atoms with Gasteiger partial charge in [0.05, 0.1) is 13.0 Å². The van der Waals surface area contributed by atoms with Crippen molar-refractivity contribution in [2.24, 2.45) is 5.73 Å². The van der Waals surface area contributed by atoms with Crippen LogP contribution >= 0.6 is 0 Å². The Hall–Kier alpha value is -2.64. The van der Waals surface area contributed by atoms with Crippen LogP contribution in [-0.4, -0.2) is 12.5 Å². The molecule has 0 atom stereocenters. The number of amides is 1. The first kappa shape index (κ1) is 14.8. The zero-order valence-electron chi connectivity index (χ0n) is 11.4. The van der Waals surface area contributed by atoms with Crippen LogP contribution in [-0.2, 0) is 11.2 Å². The molecule has 0 radical (unpaired) electrons. The number of carbonyl (C=O) groups is 1. The molecule has 21 heavy (non-hydrogen) atoms. The first-order valence-corrected chi connectivity index (χ1v) is 6.50. The lowest BCUT2D eigenvalue weighted by Crippen LogP contribution is -2.14. The van der Waals surface area contributed by atoms with Gasteiger partial charge >= 0.3 is 0 Å². The van der Waals surface area contributed by atoms with E-state index in [4.69, 9.17) is 5.73 Å². The Morgan fingerprint density at radius 2 is 2.00 bits per heavy atom. The lowest BCUT2D eigenvalue weighted by molar-refractivity contribution is -0.115. The number of rotatable bonds is 3. The predicted molar refractivity (Wildman–Crippen MR) is 81.1 cm³/mol. The molecule has 4 heteroatoms. The van der Waals surface area contributed by atoms with Gasteiger partial charge in [-0.2, -0.15) is 0 Å². The molecular weight excluding hydrogens is 267 g/mol. The first-order chi connectivity index (χ1) is 10.2. The minimum Gasteiger partial charge on any atom is -0.326 e. The van der Waals surface area contributed by atoms with Crippen molar-refractivity contribution in [1.29, 1.82) is 0 Å². The fourth-order valence-corrected chi connectivity index (χ4v) is 1.87. The van der Waals surface area contributed by atoms with Gasteiger partial charge in [0, 0.05) is 11.3 Å². The topological polar surface area (TPSA) is 55.1 Å². The molecule has 0 saturated heterocycles. The summed E-state index contributed by atoms with van der Waals surface area (Å²) >= 11 is 0. The van der Waals surface area contributed by atoms with Gasteiger partial charge in [-0.3, -0.25) is 4.79 Å². The Kier molecular flexibility index (Phi) is 5.08. The second kappa shape index (κ2) is 7.22. The number of halogens is 1. The maximum absolute atomic E-state index is 13.1.